The number of hydrogen-bond acceptors (Lipinski definition) is 5. The Hall–Kier alpha value is -2.28. The van der Waals surface area contributed by atoms with Crippen LogP contribution in [0, 0.1) is 0 Å². The zero-order chi connectivity index (χ0) is 16.7. The highest BCUT2D eigenvalue weighted by Crippen LogP contribution is 2.18. The quantitative estimate of drug-likeness (QED) is 0.526. The molecule has 2 amide bonds. The first kappa shape index (κ1) is 17.8. The molecule has 1 rings (SSSR count). The number of hydrogen-bond donors (Lipinski definition) is 3. The van der Waals surface area contributed by atoms with Crippen molar-refractivity contribution in [2.24, 2.45) is 0 Å². The molecule has 1 atom stereocenters. The molecular weight excluding hydrogens is 310 g/mol. The third-order valence-corrected chi connectivity index (χ3v) is 2.93. The molecule has 0 aliphatic carbocycles. The number of nitrogens with two attached hydrogens (primary N) is 1. The van der Waals surface area contributed by atoms with Crippen molar-refractivity contribution >= 4 is 35.1 Å². The van der Waals surface area contributed by atoms with Gasteiger partial charge in [0, 0.05) is 17.3 Å². The number of amides is 2. The number of benzene rings is 1. The van der Waals surface area contributed by atoms with Crippen LogP contribution in [-0.2, 0) is 14.3 Å². The fourth-order valence-corrected chi connectivity index (χ4v) is 1.76. The Morgan fingerprint density at radius 3 is 2.68 bits per heavy atom. The number of esters is 1. The topological polar surface area (TPSA) is 111 Å². The van der Waals surface area contributed by atoms with Crippen LogP contribution < -0.4 is 16.4 Å². The minimum Gasteiger partial charge on any atom is -0.452 e. The van der Waals surface area contributed by atoms with E-state index < -0.39 is 24.5 Å². The number of carbonyl (C=O) groups excluding carboxylic acids is 3. The van der Waals surface area contributed by atoms with Crippen LogP contribution in [0.25, 0.3) is 0 Å². The van der Waals surface area contributed by atoms with Gasteiger partial charge in [0.2, 0.25) is 5.91 Å². The predicted molar refractivity (Wildman–Crippen MR) is 82.4 cm³/mol. The van der Waals surface area contributed by atoms with Crippen LogP contribution >= 0.6 is 11.6 Å². The standard InChI is InChI=1S/C14H18ClN3O4/c1-3-17-13(20)8(2)18-12(19)7-22-14(21)10-6-9(15)4-5-11(10)16/h4-6,8H,3,7,16H2,1-2H3,(H,17,20)(H,18,19)/t8-/m1/s1. The van der Waals surface area contributed by atoms with E-state index in [2.05, 4.69) is 10.6 Å². The lowest BCUT2D eigenvalue weighted by molar-refractivity contribution is -0.130. The number of anilines is 1. The first-order valence-electron chi connectivity index (χ1n) is 6.64. The maximum absolute atomic E-state index is 11.8. The Bertz CT molecular complexity index is 577. The van der Waals surface area contributed by atoms with Crippen LogP contribution in [0.15, 0.2) is 18.2 Å². The van der Waals surface area contributed by atoms with Gasteiger partial charge in [0.15, 0.2) is 6.61 Å². The molecule has 0 spiro atoms. The lowest BCUT2D eigenvalue weighted by atomic mass is 10.2. The highest BCUT2D eigenvalue weighted by atomic mass is 35.5. The van der Waals surface area contributed by atoms with Gasteiger partial charge in [-0.1, -0.05) is 11.6 Å². The van der Waals surface area contributed by atoms with Crippen molar-refractivity contribution in [3.8, 4) is 0 Å². The van der Waals surface area contributed by atoms with E-state index in [1.807, 2.05) is 0 Å². The van der Waals surface area contributed by atoms with Crippen molar-refractivity contribution in [3.63, 3.8) is 0 Å². The van der Waals surface area contributed by atoms with Crippen LogP contribution in [0.4, 0.5) is 5.69 Å². The Balaban J connectivity index is 2.52. The maximum Gasteiger partial charge on any atom is 0.340 e. The van der Waals surface area contributed by atoms with E-state index in [1.165, 1.54) is 25.1 Å². The summed E-state index contributed by atoms with van der Waals surface area (Å²) in [5.41, 5.74) is 5.92. The first-order chi connectivity index (χ1) is 10.3. The minimum atomic E-state index is -0.763. The summed E-state index contributed by atoms with van der Waals surface area (Å²) in [4.78, 5) is 34.9. The molecular formula is C14H18ClN3O4. The number of rotatable bonds is 6. The van der Waals surface area contributed by atoms with Gasteiger partial charge in [-0.25, -0.2) is 4.79 Å². The molecule has 0 saturated heterocycles. The summed E-state index contributed by atoms with van der Waals surface area (Å²) in [6, 6.07) is 3.64. The van der Waals surface area contributed by atoms with Gasteiger partial charge in [-0.15, -0.1) is 0 Å². The monoisotopic (exact) mass is 327 g/mol. The first-order valence-corrected chi connectivity index (χ1v) is 7.02. The zero-order valence-electron chi connectivity index (χ0n) is 12.3. The van der Waals surface area contributed by atoms with Gasteiger partial charge in [0.1, 0.15) is 6.04 Å². The highest BCUT2D eigenvalue weighted by Gasteiger charge is 2.17. The molecule has 0 aliphatic rings. The number of halogens is 1. The van der Waals surface area contributed by atoms with Gasteiger partial charge in [-0.3, -0.25) is 9.59 Å². The molecule has 0 radical (unpaired) electrons. The van der Waals surface area contributed by atoms with Gasteiger partial charge in [0.05, 0.1) is 5.56 Å². The molecule has 8 heteroatoms. The summed E-state index contributed by atoms with van der Waals surface area (Å²) in [6.07, 6.45) is 0. The fourth-order valence-electron chi connectivity index (χ4n) is 1.59. The average molecular weight is 328 g/mol. The smallest absolute Gasteiger partial charge is 0.340 e. The molecule has 1 aromatic rings. The number of nitrogen functional groups attached to an aromatic ring is 1. The van der Waals surface area contributed by atoms with Crippen molar-refractivity contribution in [3.05, 3.63) is 28.8 Å². The highest BCUT2D eigenvalue weighted by molar-refractivity contribution is 6.31. The van der Waals surface area contributed by atoms with Crippen molar-refractivity contribution < 1.29 is 19.1 Å². The lowest BCUT2D eigenvalue weighted by Crippen LogP contribution is -2.46. The second kappa shape index (κ2) is 8.23. The van der Waals surface area contributed by atoms with E-state index in [9.17, 15) is 14.4 Å². The van der Waals surface area contributed by atoms with Crippen molar-refractivity contribution in [1.29, 1.82) is 0 Å². The van der Waals surface area contributed by atoms with E-state index >= 15 is 0 Å². The SMILES string of the molecule is CCNC(=O)[C@@H](C)NC(=O)COC(=O)c1cc(Cl)ccc1N. The Labute approximate surface area is 133 Å². The van der Waals surface area contributed by atoms with E-state index in [1.54, 1.807) is 6.92 Å². The molecule has 0 fully saturated rings. The summed E-state index contributed by atoms with van der Waals surface area (Å²) in [7, 11) is 0. The minimum absolute atomic E-state index is 0.0806. The number of likely N-dealkylation sites (N-methyl/N-ethyl adjacent to an activating group) is 1. The number of ether oxygens (including phenoxy) is 1. The Morgan fingerprint density at radius 2 is 2.05 bits per heavy atom. The molecule has 1 aromatic carbocycles. The van der Waals surface area contributed by atoms with Crippen molar-refractivity contribution in [2.45, 2.75) is 19.9 Å². The van der Waals surface area contributed by atoms with Crippen molar-refractivity contribution in [2.75, 3.05) is 18.9 Å². The van der Waals surface area contributed by atoms with Crippen LogP contribution in [0.1, 0.15) is 24.2 Å². The summed E-state index contributed by atoms with van der Waals surface area (Å²) < 4.78 is 4.84. The van der Waals surface area contributed by atoms with E-state index in [-0.39, 0.29) is 17.2 Å². The van der Waals surface area contributed by atoms with Crippen LogP contribution in [0.3, 0.4) is 0 Å². The Kier molecular flexibility index (Phi) is 6.65. The molecule has 0 aromatic heterocycles. The van der Waals surface area contributed by atoms with E-state index in [4.69, 9.17) is 22.1 Å². The van der Waals surface area contributed by atoms with Crippen LogP contribution in [-0.4, -0.2) is 37.0 Å². The van der Waals surface area contributed by atoms with E-state index in [0.717, 1.165) is 0 Å². The third kappa shape index (κ3) is 5.25. The summed E-state index contributed by atoms with van der Waals surface area (Å²) in [6.45, 7) is 3.24. The normalized spacial score (nSPS) is 11.4. The van der Waals surface area contributed by atoms with Gasteiger partial charge in [0.25, 0.3) is 5.91 Å². The van der Waals surface area contributed by atoms with Crippen LogP contribution in [0.2, 0.25) is 5.02 Å². The van der Waals surface area contributed by atoms with Gasteiger partial charge in [-0.2, -0.15) is 0 Å². The maximum atomic E-state index is 11.8. The second-order valence-corrected chi connectivity index (χ2v) is 4.93. The summed E-state index contributed by atoms with van der Waals surface area (Å²) in [5, 5.41) is 5.30. The molecule has 0 heterocycles. The van der Waals surface area contributed by atoms with Crippen molar-refractivity contribution in [1.82, 2.24) is 10.6 Å². The zero-order valence-corrected chi connectivity index (χ0v) is 13.1. The number of carbonyl (C=O) groups is 3. The molecule has 0 saturated carbocycles. The number of nitrogens with one attached hydrogen (secondary N) is 2. The molecule has 120 valence electrons. The van der Waals surface area contributed by atoms with Gasteiger partial charge < -0.3 is 21.1 Å². The molecule has 4 N–H and O–H groups in total. The predicted octanol–water partition coefficient (Wildman–Crippen LogP) is 0.720. The molecule has 22 heavy (non-hydrogen) atoms. The lowest BCUT2D eigenvalue weighted by Gasteiger charge is -2.13. The molecule has 0 unspecified atom stereocenters. The summed E-state index contributed by atoms with van der Waals surface area (Å²) >= 11 is 5.77. The van der Waals surface area contributed by atoms with Gasteiger partial charge >= 0.3 is 5.97 Å². The molecule has 0 aliphatic heterocycles. The average Bonchev–Trinajstić information content (AvgIpc) is 2.47. The fraction of sp³-hybridized carbons (Fsp3) is 0.357. The van der Waals surface area contributed by atoms with Gasteiger partial charge in [-0.05, 0) is 32.0 Å². The third-order valence-electron chi connectivity index (χ3n) is 2.69. The Morgan fingerprint density at radius 1 is 1.36 bits per heavy atom. The molecule has 0 bridgehead atoms. The van der Waals surface area contributed by atoms with E-state index in [0.29, 0.717) is 11.6 Å². The largest absolute Gasteiger partial charge is 0.452 e. The molecule has 7 nitrogen and oxygen atoms in total. The van der Waals surface area contributed by atoms with Crippen LogP contribution in [0.5, 0.6) is 0 Å². The second-order valence-electron chi connectivity index (χ2n) is 4.49. The summed E-state index contributed by atoms with van der Waals surface area (Å²) in [5.74, 6) is -1.67.